The van der Waals surface area contributed by atoms with E-state index in [1.807, 2.05) is 12.5 Å². The highest BCUT2D eigenvalue weighted by molar-refractivity contribution is 5.86. The second-order valence-corrected chi connectivity index (χ2v) is 9.26. The number of hydrogen-bond acceptors (Lipinski definition) is 2. The van der Waals surface area contributed by atoms with Crippen LogP contribution in [0.1, 0.15) is 73.3 Å². The van der Waals surface area contributed by atoms with Gasteiger partial charge >= 0.3 is 0 Å². The molecule has 2 aliphatic carbocycles. The molecule has 1 N–H and O–H groups in total. The molecule has 2 aromatic heterocycles. The number of aromatic nitrogens is 2. The topological polar surface area (TPSA) is 37.5 Å². The number of pyridine rings is 1. The number of benzene rings is 2. The Morgan fingerprint density at radius 3 is 2.37 bits per heavy atom. The molecule has 0 spiro atoms. The van der Waals surface area contributed by atoms with Gasteiger partial charge < -0.3 is 9.51 Å². The zero-order valence-electron chi connectivity index (χ0n) is 17.2. The van der Waals surface area contributed by atoms with Crippen LogP contribution in [0, 0.1) is 5.92 Å². The highest BCUT2D eigenvalue weighted by atomic mass is 16.3. The monoisotopic (exact) mass is 396 g/mol. The molecule has 6 rings (SSSR count). The summed E-state index contributed by atoms with van der Waals surface area (Å²) >= 11 is 0. The summed E-state index contributed by atoms with van der Waals surface area (Å²) < 4.78 is 2.13. The lowest BCUT2D eigenvalue weighted by atomic mass is 9.74. The molecule has 2 saturated carbocycles. The molecular formula is C27H28N2O. The molecule has 2 aliphatic rings. The first kappa shape index (κ1) is 18.1. The third kappa shape index (κ3) is 3.04. The van der Waals surface area contributed by atoms with E-state index in [0.717, 1.165) is 36.9 Å². The Morgan fingerprint density at radius 2 is 1.53 bits per heavy atom. The summed E-state index contributed by atoms with van der Waals surface area (Å²) in [7, 11) is 0. The maximum Gasteiger partial charge on any atom is 0.0995 e. The molecule has 2 aromatic carbocycles. The SMILES string of the molecule is O[C@H](c1c(C2CC2)ccc2cncn12)[C@H]1CC[C@H](c2cccc3ccccc32)CC1. The van der Waals surface area contributed by atoms with E-state index in [2.05, 4.69) is 64.0 Å². The average Bonchev–Trinajstić information content (AvgIpc) is 3.54. The Balaban J connectivity index is 1.27. The van der Waals surface area contributed by atoms with Gasteiger partial charge in [0.25, 0.3) is 0 Å². The van der Waals surface area contributed by atoms with Gasteiger partial charge in [-0.05, 0) is 84.2 Å². The second kappa shape index (κ2) is 7.24. The number of rotatable bonds is 4. The normalized spacial score (nSPS) is 23.1. The minimum Gasteiger partial charge on any atom is -0.387 e. The molecular weight excluding hydrogens is 368 g/mol. The van der Waals surface area contributed by atoms with Crippen LogP contribution in [0.4, 0.5) is 0 Å². The van der Waals surface area contributed by atoms with Crippen LogP contribution in [0.15, 0.2) is 67.1 Å². The van der Waals surface area contributed by atoms with Crippen molar-refractivity contribution in [1.29, 1.82) is 0 Å². The highest BCUT2D eigenvalue weighted by Crippen LogP contribution is 2.47. The predicted molar refractivity (Wildman–Crippen MR) is 121 cm³/mol. The van der Waals surface area contributed by atoms with Crippen molar-refractivity contribution in [1.82, 2.24) is 9.38 Å². The molecule has 0 amide bonds. The molecule has 3 heteroatoms. The van der Waals surface area contributed by atoms with Crippen LogP contribution in [0.3, 0.4) is 0 Å². The Kier molecular flexibility index (Phi) is 4.38. The van der Waals surface area contributed by atoms with Crippen LogP contribution < -0.4 is 0 Å². The third-order valence-electron chi connectivity index (χ3n) is 7.43. The van der Waals surface area contributed by atoms with E-state index in [1.165, 1.54) is 34.7 Å². The molecule has 0 radical (unpaired) electrons. The van der Waals surface area contributed by atoms with Crippen LogP contribution in [0.2, 0.25) is 0 Å². The fraction of sp³-hybridized carbons (Fsp3) is 0.370. The molecule has 0 bridgehead atoms. The van der Waals surface area contributed by atoms with Crippen LogP contribution in [-0.2, 0) is 0 Å². The molecule has 2 heterocycles. The summed E-state index contributed by atoms with van der Waals surface area (Å²) in [6.45, 7) is 0. The van der Waals surface area contributed by atoms with Crippen LogP contribution in [0.25, 0.3) is 16.3 Å². The summed E-state index contributed by atoms with van der Waals surface area (Å²) in [4.78, 5) is 4.34. The van der Waals surface area contributed by atoms with Gasteiger partial charge in [-0.3, -0.25) is 0 Å². The zero-order chi connectivity index (χ0) is 20.1. The number of aliphatic hydroxyl groups excluding tert-OH is 1. The maximum absolute atomic E-state index is 11.5. The lowest BCUT2D eigenvalue weighted by molar-refractivity contribution is 0.0755. The Hall–Kier alpha value is -2.65. The summed E-state index contributed by atoms with van der Waals surface area (Å²) in [5.41, 5.74) is 5.00. The molecule has 0 unspecified atom stereocenters. The number of imidazole rings is 1. The number of hydrogen-bond donors (Lipinski definition) is 1. The molecule has 30 heavy (non-hydrogen) atoms. The Morgan fingerprint density at radius 1 is 0.800 bits per heavy atom. The smallest absolute Gasteiger partial charge is 0.0995 e. The van der Waals surface area contributed by atoms with Crippen molar-refractivity contribution in [3.05, 3.63) is 83.9 Å². The van der Waals surface area contributed by atoms with E-state index >= 15 is 0 Å². The predicted octanol–water partition coefficient (Wildman–Crippen LogP) is 6.37. The van der Waals surface area contributed by atoms with Gasteiger partial charge in [0.2, 0.25) is 0 Å². The molecule has 4 aromatic rings. The maximum atomic E-state index is 11.5. The van der Waals surface area contributed by atoms with Gasteiger partial charge in [0.15, 0.2) is 0 Å². The summed E-state index contributed by atoms with van der Waals surface area (Å²) in [6.07, 6.45) is 10.3. The molecule has 0 saturated heterocycles. The fourth-order valence-corrected chi connectivity index (χ4v) is 5.66. The van der Waals surface area contributed by atoms with Crippen LogP contribution in [0.5, 0.6) is 0 Å². The van der Waals surface area contributed by atoms with Crippen LogP contribution in [-0.4, -0.2) is 14.5 Å². The first-order valence-electron chi connectivity index (χ1n) is 11.4. The summed E-state index contributed by atoms with van der Waals surface area (Å²) in [5, 5.41) is 14.2. The van der Waals surface area contributed by atoms with Gasteiger partial charge in [-0.1, -0.05) is 48.5 Å². The first-order chi connectivity index (χ1) is 14.8. The average molecular weight is 397 g/mol. The zero-order valence-corrected chi connectivity index (χ0v) is 17.2. The Labute approximate surface area is 177 Å². The van der Waals surface area contributed by atoms with Crippen LogP contribution >= 0.6 is 0 Å². The first-order valence-corrected chi connectivity index (χ1v) is 11.4. The van der Waals surface area contributed by atoms with Crippen molar-refractivity contribution in [2.75, 3.05) is 0 Å². The van der Waals surface area contributed by atoms with E-state index in [0.29, 0.717) is 17.8 Å². The van der Waals surface area contributed by atoms with Crippen molar-refractivity contribution in [3.8, 4) is 0 Å². The van der Waals surface area contributed by atoms with E-state index in [4.69, 9.17) is 0 Å². The summed E-state index contributed by atoms with van der Waals surface area (Å²) in [6, 6.07) is 19.8. The van der Waals surface area contributed by atoms with Gasteiger partial charge in [-0.25, -0.2) is 4.98 Å². The number of aliphatic hydroxyl groups is 1. The number of nitrogens with zero attached hydrogens (tertiary/aromatic N) is 2. The van der Waals surface area contributed by atoms with E-state index in [9.17, 15) is 5.11 Å². The Bertz CT molecular complexity index is 1190. The molecule has 0 aliphatic heterocycles. The van der Waals surface area contributed by atoms with Crippen molar-refractivity contribution in [2.24, 2.45) is 5.92 Å². The highest BCUT2D eigenvalue weighted by Gasteiger charge is 2.34. The van der Waals surface area contributed by atoms with E-state index < -0.39 is 6.10 Å². The minimum absolute atomic E-state index is 0.321. The van der Waals surface area contributed by atoms with Crippen molar-refractivity contribution < 1.29 is 5.11 Å². The summed E-state index contributed by atoms with van der Waals surface area (Å²) in [5.74, 6) is 1.53. The van der Waals surface area contributed by atoms with Gasteiger partial charge in [-0.2, -0.15) is 0 Å². The van der Waals surface area contributed by atoms with E-state index in [-0.39, 0.29) is 0 Å². The number of fused-ring (bicyclic) bond motifs is 2. The lowest BCUT2D eigenvalue weighted by Crippen LogP contribution is -2.22. The molecule has 152 valence electrons. The van der Waals surface area contributed by atoms with Gasteiger partial charge in [0.1, 0.15) is 0 Å². The standard InChI is InChI=1S/C27H28N2O/c30-27(26-25(20-8-9-20)15-14-22-16-28-17-29(22)26)21-12-10-19(11-13-21)24-7-3-5-18-4-1-2-6-23(18)24/h1-7,14-17,19-21,27,30H,8-13H2/t19-,21-,27-/m0/s1. The molecule has 2 fully saturated rings. The minimum atomic E-state index is -0.410. The molecule has 1 atom stereocenters. The van der Waals surface area contributed by atoms with Crippen molar-refractivity contribution in [3.63, 3.8) is 0 Å². The molecule has 3 nitrogen and oxygen atoms in total. The van der Waals surface area contributed by atoms with Crippen molar-refractivity contribution in [2.45, 2.75) is 56.5 Å². The third-order valence-corrected chi connectivity index (χ3v) is 7.43. The lowest BCUT2D eigenvalue weighted by Gasteiger charge is -2.33. The van der Waals surface area contributed by atoms with Gasteiger partial charge in [0, 0.05) is 0 Å². The largest absolute Gasteiger partial charge is 0.387 e. The van der Waals surface area contributed by atoms with Gasteiger partial charge in [0.05, 0.1) is 29.8 Å². The van der Waals surface area contributed by atoms with Gasteiger partial charge in [-0.15, -0.1) is 0 Å². The quantitative estimate of drug-likeness (QED) is 0.435. The second-order valence-electron chi connectivity index (χ2n) is 9.26. The van der Waals surface area contributed by atoms with Crippen molar-refractivity contribution >= 4 is 16.3 Å². The van der Waals surface area contributed by atoms with E-state index in [1.54, 1.807) is 0 Å². The fourth-order valence-electron chi connectivity index (χ4n) is 5.66.